The maximum absolute atomic E-state index is 12.6. The summed E-state index contributed by atoms with van der Waals surface area (Å²) in [6, 6.07) is 12.3. The zero-order valence-corrected chi connectivity index (χ0v) is 18.0. The van der Waals surface area contributed by atoms with E-state index in [1.165, 1.54) is 0 Å². The summed E-state index contributed by atoms with van der Waals surface area (Å²) in [5, 5.41) is 20.1. The third-order valence-corrected chi connectivity index (χ3v) is 6.09. The molecule has 1 aliphatic carbocycles. The number of carbonyl (C=O) groups is 1. The van der Waals surface area contributed by atoms with Gasteiger partial charge in [-0.05, 0) is 32.2 Å². The average Bonchev–Trinajstić information content (AvgIpc) is 3.25. The SMILES string of the molecule is Cl.N#CC1(NC(=O)CN2CCCC(c3nc(-c4ccccc4)n[nH]3)C2)CCCCC1. The Labute approximate surface area is 183 Å². The van der Waals surface area contributed by atoms with Gasteiger partial charge in [-0.25, -0.2) is 4.98 Å². The highest BCUT2D eigenvalue weighted by Gasteiger charge is 2.34. The predicted molar refractivity (Wildman–Crippen MR) is 117 cm³/mol. The highest BCUT2D eigenvalue weighted by molar-refractivity contribution is 5.85. The number of piperidine rings is 1. The maximum atomic E-state index is 12.6. The molecule has 2 fully saturated rings. The summed E-state index contributed by atoms with van der Waals surface area (Å²) in [6.45, 7) is 2.00. The lowest BCUT2D eigenvalue weighted by atomic mass is 9.83. The number of aromatic nitrogens is 3. The molecule has 1 saturated carbocycles. The molecule has 2 aromatic rings. The fraction of sp³-hybridized carbons (Fsp3) is 0.545. The molecule has 7 nitrogen and oxygen atoms in total. The van der Waals surface area contributed by atoms with E-state index in [9.17, 15) is 10.1 Å². The van der Waals surface area contributed by atoms with E-state index in [2.05, 4.69) is 26.5 Å². The van der Waals surface area contributed by atoms with E-state index in [1.807, 2.05) is 30.3 Å². The number of carbonyl (C=O) groups excluding carboxylic acids is 1. The van der Waals surface area contributed by atoms with Crippen molar-refractivity contribution in [3.8, 4) is 17.5 Å². The van der Waals surface area contributed by atoms with Crippen LogP contribution in [0.4, 0.5) is 0 Å². The van der Waals surface area contributed by atoms with E-state index < -0.39 is 5.54 Å². The zero-order chi connectivity index (χ0) is 20.1. The van der Waals surface area contributed by atoms with Crippen molar-refractivity contribution in [1.29, 1.82) is 5.26 Å². The summed E-state index contributed by atoms with van der Waals surface area (Å²) in [7, 11) is 0. The summed E-state index contributed by atoms with van der Waals surface area (Å²) < 4.78 is 0. The topological polar surface area (TPSA) is 97.7 Å². The monoisotopic (exact) mass is 428 g/mol. The van der Waals surface area contributed by atoms with Crippen molar-refractivity contribution >= 4 is 18.3 Å². The molecule has 0 radical (unpaired) electrons. The number of benzene rings is 1. The number of likely N-dealkylation sites (tertiary alicyclic amines) is 1. The Morgan fingerprint density at radius 2 is 2.00 bits per heavy atom. The van der Waals surface area contributed by atoms with Crippen LogP contribution in [0.2, 0.25) is 0 Å². The van der Waals surface area contributed by atoms with Crippen LogP contribution in [0, 0.1) is 11.3 Å². The molecule has 1 amide bonds. The average molecular weight is 429 g/mol. The van der Waals surface area contributed by atoms with Crippen LogP contribution < -0.4 is 5.32 Å². The third-order valence-electron chi connectivity index (χ3n) is 6.09. The Morgan fingerprint density at radius 3 is 2.73 bits per heavy atom. The molecule has 1 saturated heterocycles. The van der Waals surface area contributed by atoms with Crippen LogP contribution in [0.1, 0.15) is 56.7 Å². The molecular weight excluding hydrogens is 400 g/mol. The number of nitrogens with zero attached hydrogens (tertiary/aromatic N) is 4. The van der Waals surface area contributed by atoms with Crippen LogP contribution in [0.25, 0.3) is 11.4 Å². The second kappa shape index (κ2) is 10.1. The van der Waals surface area contributed by atoms with Crippen molar-refractivity contribution in [3.05, 3.63) is 36.2 Å². The van der Waals surface area contributed by atoms with Gasteiger partial charge in [-0.15, -0.1) is 12.4 Å². The summed E-state index contributed by atoms with van der Waals surface area (Å²) in [6.07, 6.45) is 6.74. The number of aromatic amines is 1. The second-order valence-corrected chi connectivity index (χ2v) is 8.29. The number of halogens is 1. The van der Waals surface area contributed by atoms with Gasteiger partial charge in [0, 0.05) is 18.0 Å². The van der Waals surface area contributed by atoms with Crippen LogP contribution in [0.15, 0.2) is 30.3 Å². The summed E-state index contributed by atoms with van der Waals surface area (Å²) >= 11 is 0. The van der Waals surface area contributed by atoms with Crippen LogP contribution in [0.3, 0.4) is 0 Å². The first-order chi connectivity index (χ1) is 14.2. The fourth-order valence-corrected chi connectivity index (χ4v) is 4.53. The van der Waals surface area contributed by atoms with Gasteiger partial charge in [-0.1, -0.05) is 49.6 Å². The summed E-state index contributed by atoms with van der Waals surface area (Å²) in [5.41, 5.74) is 0.330. The molecule has 8 heteroatoms. The highest BCUT2D eigenvalue weighted by atomic mass is 35.5. The van der Waals surface area contributed by atoms with Crippen LogP contribution in [-0.4, -0.2) is 51.2 Å². The predicted octanol–water partition coefficient (Wildman–Crippen LogP) is 3.42. The van der Waals surface area contributed by atoms with E-state index >= 15 is 0 Å². The Balaban J connectivity index is 0.00000256. The van der Waals surface area contributed by atoms with Gasteiger partial charge in [0.05, 0.1) is 12.6 Å². The first-order valence-corrected chi connectivity index (χ1v) is 10.6. The molecule has 1 aliphatic heterocycles. The van der Waals surface area contributed by atoms with E-state index in [0.717, 1.165) is 69.4 Å². The van der Waals surface area contributed by atoms with E-state index in [-0.39, 0.29) is 24.2 Å². The smallest absolute Gasteiger partial charge is 0.235 e. The van der Waals surface area contributed by atoms with Crippen LogP contribution >= 0.6 is 12.4 Å². The van der Waals surface area contributed by atoms with E-state index in [0.29, 0.717) is 12.4 Å². The summed E-state index contributed by atoms with van der Waals surface area (Å²) in [4.78, 5) is 19.5. The number of nitriles is 1. The number of rotatable bonds is 5. The Morgan fingerprint density at radius 1 is 1.23 bits per heavy atom. The largest absolute Gasteiger partial charge is 0.337 e. The molecule has 1 unspecified atom stereocenters. The molecular formula is C22H29ClN6O. The third kappa shape index (κ3) is 5.18. The van der Waals surface area contributed by atoms with Crippen molar-refractivity contribution in [2.75, 3.05) is 19.6 Å². The van der Waals surface area contributed by atoms with Crippen molar-refractivity contribution < 1.29 is 4.79 Å². The normalized spacial score (nSPS) is 21.2. The Hall–Kier alpha value is -2.43. The number of hydrogen-bond donors (Lipinski definition) is 2. The minimum absolute atomic E-state index is 0. The summed E-state index contributed by atoms with van der Waals surface area (Å²) in [5.74, 6) is 1.79. The first kappa shape index (κ1) is 22.3. The molecule has 2 aliphatic rings. The van der Waals surface area contributed by atoms with Gasteiger partial charge in [-0.2, -0.15) is 10.4 Å². The van der Waals surface area contributed by atoms with E-state index in [1.54, 1.807) is 0 Å². The van der Waals surface area contributed by atoms with Gasteiger partial charge < -0.3 is 5.32 Å². The van der Waals surface area contributed by atoms with Crippen LogP contribution in [0.5, 0.6) is 0 Å². The molecule has 0 spiro atoms. The van der Waals surface area contributed by atoms with Crippen molar-refractivity contribution in [3.63, 3.8) is 0 Å². The molecule has 1 atom stereocenters. The number of amides is 1. The molecule has 1 aromatic heterocycles. The lowest BCUT2D eigenvalue weighted by molar-refractivity contribution is -0.124. The van der Waals surface area contributed by atoms with Gasteiger partial charge in [-0.3, -0.25) is 14.8 Å². The molecule has 1 aromatic carbocycles. The quantitative estimate of drug-likeness (QED) is 0.760. The van der Waals surface area contributed by atoms with Gasteiger partial charge >= 0.3 is 0 Å². The van der Waals surface area contributed by atoms with E-state index in [4.69, 9.17) is 4.98 Å². The number of H-pyrrole nitrogens is 1. The minimum atomic E-state index is -0.667. The lowest BCUT2D eigenvalue weighted by Gasteiger charge is -2.34. The number of hydrogen-bond acceptors (Lipinski definition) is 5. The van der Waals surface area contributed by atoms with Crippen molar-refractivity contribution in [2.24, 2.45) is 0 Å². The second-order valence-electron chi connectivity index (χ2n) is 8.29. The minimum Gasteiger partial charge on any atom is -0.337 e. The number of nitrogens with one attached hydrogen (secondary N) is 2. The van der Waals surface area contributed by atoms with Gasteiger partial charge in [0.25, 0.3) is 0 Å². The Bertz CT molecular complexity index is 871. The molecule has 30 heavy (non-hydrogen) atoms. The highest BCUT2D eigenvalue weighted by Crippen LogP contribution is 2.28. The first-order valence-electron chi connectivity index (χ1n) is 10.6. The molecule has 4 rings (SSSR count). The van der Waals surface area contributed by atoms with Crippen molar-refractivity contribution in [2.45, 2.75) is 56.4 Å². The Kier molecular flexibility index (Phi) is 7.46. The maximum Gasteiger partial charge on any atom is 0.235 e. The van der Waals surface area contributed by atoms with Crippen molar-refractivity contribution in [1.82, 2.24) is 25.4 Å². The zero-order valence-electron chi connectivity index (χ0n) is 17.1. The fourth-order valence-electron chi connectivity index (χ4n) is 4.53. The molecule has 2 heterocycles. The van der Waals surface area contributed by atoms with Gasteiger partial charge in [0.1, 0.15) is 11.4 Å². The van der Waals surface area contributed by atoms with Gasteiger partial charge in [0.15, 0.2) is 5.82 Å². The van der Waals surface area contributed by atoms with Gasteiger partial charge in [0.2, 0.25) is 5.91 Å². The molecule has 0 bridgehead atoms. The standard InChI is InChI=1S/C22H28N6O.ClH/c23-16-22(11-5-2-6-12-22)25-19(29)15-28-13-7-10-18(14-28)21-24-20(26-27-21)17-8-3-1-4-9-17;/h1,3-4,8-9,18H,2,5-7,10-15H2,(H,25,29)(H,24,26,27);1H. The molecule has 2 N–H and O–H groups in total. The van der Waals surface area contributed by atoms with Crippen LogP contribution in [-0.2, 0) is 4.79 Å². The lowest BCUT2D eigenvalue weighted by Crippen LogP contribution is -2.52. The molecule has 160 valence electrons.